The Morgan fingerprint density at radius 1 is 1.41 bits per heavy atom. The molecule has 0 bridgehead atoms. The zero-order valence-electron chi connectivity index (χ0n) is 11.3. The first-order valence-corrected chi connectivity index (χ1v) is 6.81. The van der Waals surface area contributed by atoms with E-state index in [1.807, 2.05) is 6.92 Å². The number of nitrogens with zero attached hydrogens (tertiary/aromatic N) is 1. The third-order valence-corrected chi connectivity index (χ3v) is 4.02. The first-order valence-electron chi connectivity index (χ1n) is 6.81. The fourth-order valence-electron chi connectivity index (χ4n) is 2.42. The SMILES string of the molecule is CCC(O)(CN)CCCN1CCC(OC)CC1. The Balaban J connectivity index is 2.15. The molecule has 0 amide bonds. The Morgan fingerprint density at radius 2 is 2.06 bits per heavy atom. The molecule has 1 aliphatic rings. The summed E-state index contributed by atoms with van der Waals surface area (Å²) < 4.78 is 5.35. The lowest BCUT2D eigenvalue weighted by Crippen LogP contribution is -2.40. The van der Waals surface area contributed by atoms with Crippen LogP contribution in [-0.4, -0.2) is 55.0 Å². The van der Waals surface area contributed by atoms with Crippen molar-refractivity contribution in [3.8, 4) is 0 Å². The van der Waals surface area contributed by atoms with E-state index in [0.29, 0.717) is 12.6 Å². The molecule has 1 aliphatic heterocycles. The van der Waals surface area contributed by atoms with Gasteiger partial charge in [0.05, 0.1) is 11.7 Å². The van der Waals surface area contributed by atoms with Crippen molar-refractivity contribution in [1.82, 2.24) is 4.90 Å². The van der Waals surface area contributed by atoms with Crippen molar-refractivity contribution < 1.29 is 9.84 Å². The molecule has 17 heavy (non-hydrogen) atoms. The molecule has 4 nitrogen and oxygen atoms in total. The maximum Gasteiger partial charge on any atom is 0.0767 e. The van der Waals surface area contributed by atoms with Crippen LogP contribution in [0, 0.1) is 0 Å². The molecule has 0 aromatic rings. The Labute approximate surface area is 105 Å². The van der Waals surface area contributed by atoms with E-state index in [1.165, 1.54) is 0 Å². The Hall–Kier alpha value is -0.160. The molecule has 1 unspecified atom stereocenters. The lowest BCUT2D eigenvalue weighted by atomic mass is 9.94. The maximum absolute atomic E-state index is 10.1. The van der Waals surface area contributed by atoms with Gasteiger partial charge in [-0.25, -0.2) is 0 Å². The highest BCUT2D eigenvalue weighted by atomic mass is 16.5. The highest BCUT2D eigenvalue weighted by Crippen LogP contribution is 2.18. The lowest BCUT2D eigenvalue weighted by molar-refractivity contribution is 0.0220. The number of piperidine rings is 1. The van der Waals surface area contributed by atoms with Crippen LogP contribution in [-0.2, 0) is 4.74 Å². The van der Waals surface area contributed by atoms with E-state index in [2.05, 4.69) is 4.90 Å². The molecule has 0 aromatic heterocycles. The summed E-state index contributed by atoms with van der Waals surface area (Å²) in [5.41, 5.74) is 4.94. The number of ether oxygens (including phenoxy) is 1. The van der Waals surface area contributed by atoms with Gasteiger partial charge in [-0.2, -0.15) is 0 Å². The minimum Gasteiger partial charge on any atom is -0.389 e. The number of hydrogen-bond donors (Lipinski definition) is 2. The lowest BCUT2D eigenvalue weighted by Gasteiger charge is -2.32. The summed E-state index contributed by atoms with van der Waals surface area (Å²) in [6, 6.07) is 0. The fourth-order valence-corrected chi connectivity index (χ4v) is 2.42. The van der Waals surface area contributed by atoms with Crippen LogP contribution >= 0.6 is 0 Å². The summed E-state index contributed by atoms with van der Waals surface area (Å²) in [7, 11) is 1.79. The average molecular weight is 244 g/mol. The van der Waals surface area contributed by atoms with E-state index in [9.17, 15) is 5.11 Å². The highest BCUT2D eigenvalue weighted by Gasteiger charge is 2.23. The zero-order valence-corrected chi connectivity index (χ0v) is 11.3. The molecule has 0 spiro atoms. The van der Waals surface area contributed by atoms with Crippen molar-refractivity contribution >= 4 is 0 Å². The maximum atomic E-state index is 10.1. The summed E-state index contributed by atoms with van der Waals surface area (Å²) in [6.07, 6.45) is 5.29. The Morgan fingerprint density at radius 3 is 2.53 bits per heavy atom. The Kier molecular flexibility index (Phi) is 6.41. The summed E-state index contributed by atoms with van der Waals surface area (Å²) in [6.45, 7) is 5.67. The van der Waals surface area contributed by atoms with Crippen LogP contribution in [0.5, 0.6) is 0 Å². The van der Waals surface area contributed by atoms with Gasteiger partial charge in [-0.3, -0.25) is 0 Å². The fraction of sp³-hybridized carbons (Fsp3) is 1.00. The number of nitrogens with two attached hydrogens (primary N) is 1. The number of rotatable bonds is 7. The van der Waals surface area contributed by atoms with Crippen molar-refractivity contribution in [2.45, 2.75) is 50.7 Å². The molecule has 1 rings (SSSR count). The van der Waals surface area contributed by atoms with Gasteiger partial charge in [0.1, 0.15) is 0 Å². The highest BCUT2D eigenvalue weighted by molar-refractivity contribution is 4.79. The van der Waals surface area contributed by atoms with E-state index in [4.69, 9.17) is 10.5 Å². The molecule has 3 N–H and O–H groups in total. The molecule has 1 fully saturated rings. The molecule has 0 saturated carbocycles. The van der Waals surface area contributed by atoms with Crippen molar-refractivity contribution in [2.75, 3.05) is 33.3 Å². The van der Waals surface area contributed by atoms with E-state index in [0.717, 1.165) is 51.7 Å². The summed E-state index contributed by atoms with van der Waals surface area (Å²) in [5.74, 6) is 0. The van der Waals surface area contributed by atoms with Gasteiger partial charge in [0, 0.05) is 26.7 Å². The van der Waals surface area contributed by atoms with Gasteiger partial charge in [-0.15, -0.1) is 0 Å². The predicted octanol–water partition coefficient (Wildman–Crippen LogP) is 0.977. The second-order valence-electron chi connectivity index (χ2n) is 5.16. The van der Waals surface area contributed by atoms with Crippen molar-refractivity contribution in [2.24, 2.45) is 5.73 Å². The molecule has 0 radical (unpaired) electrons. The van der Waals surface area contributed by atoms with E-state index >= 15 is 0 Å². The molecule has 0 aromatic carbocycles. The zero-order chi connectivity index (χ0) is 12.7. The van der Waals surface area contributed by atoms with Gasteiger partial charge < -0.3 is 20.5 Å². The standard InChI is InChI=1S/C13H28N2O2/c1-3-13(16,11-14)7-4-8-15-9-5-12(17-2)6-10-15/h12,16H,3-11,14H2,1-2H3. The molecule has 1 saturated heterocycles. The van der Waals surface area contributed by atoms with Crippen molar-refractivity contribution in [1.29, 1.82) is 0 Å². The van der Waals surface area contributed by atoms with Crippen LogP contribution in [0.1, 0.15) is 39.0 Å². The van der Waals surface area contributed by atoms with Gasteiger partial charge in [-0.1, -0.05) is 6.92 Å². The topological polar surface area (TPSA) is 58.7 Å². The third kappa shape index (κ3) is 4.92. The molecule has 1 heterocycles. The summed E-state index contributed by atoms with van der Waals surface area (Å²) in [5, 5.41) is 10.1. The first-order chi connectivity index (χ1) is 8.13. The summed E-state index contributed by atoms with van der Waals surface area (Å²) >= 11 is 0. The van der Waals surface area contributed by atoms with Gasteiger partial charge >= 0.3 is 0 Å². The molecular weight excluding hydrogens is 216 g/mol. The number of methoxy groups -OCH3 is 1. The van der Waals surface area contributed by atoms with E-state index < -0.39 is 5.60 Å². The largest absolute Gasteiger partial charge is 0.389 e. The molecule has 4 heteroatoms. The molecular formula is C13H28N2O2. The van der Waals surface area contributed by atoms with Crippen molar-refractivity contribution in [3.63, 3.8) is 0 Å². The average Bonchev–Trinajstić information content (AvgIpc) is 2.39. The van der Waals surface area contributed by atoms with Crippen LogP contribution in [0.2, 0.25) is 0 Å². The minimum absolute atomic E-state index is 0.370. The Bertz CT molecular complexity index is 200. The van der Waals surface area contributed by atoms with Gasteiger partial charge in [0.25, 0.3) is 0 Å². The van der Waals surface area contributed by atoms with Gasteiger partial charge in [-0.05, 0) is 38.6 Å². The predicted molar refractivity (Wildman–Crippen MR) is 70.0 cm³/mol. The normalized spacial score (nSPS) is 22.6. The second-order valence-corrected chi connectivity index (χ2v) is 5.16. The van der Waals surface area contributed by atoms with Crippen LogP contribution in [0.15, 0.2) is 0 Å². The smallest absolute Gasteiger partial charge is 0.0767 e. The van der Waals surface area contributed by atoms with Crippen LogP contribution < -0.4 is 5.73 Å². The van der Waals surface area contributed by atoms with Crippen LogP contribution in [0.25, 0.3) is 0 Å². The molecule has 0 aliphatic carbocycles. The number of likely N-dealkylation sites (tertiary alicyclic amines) is 1. The second kappa shape index (κ2) is 7.31. The van der Waals surface area contributed by atoms with E-state index in [-0.39, 0.29) is 0 Å². The quantitative estimate of drug-likeness (QED) is 0.701. The number of hydrogen-bond acceptors (Lipinski definition) is 4. The van der Waals surface area contributed by atoms with Crippen LogP contribution in [0.4, 0.5) is 0 Å². The van der Waals surface area contributed by atoms with Gasteiger partial charge in [0.2, 0.25) is 0 Å². The van der Waals surface area contributed by atoms with Crippen LogP contribution in [0.3, 0.4) is 0 Å². The first kappa shape index (κ1) is 14.9. The van der Waals surface area contributed by atoms with Crippen molar-refractivity contribution in [3.05, 3.63) is 0 Å². The minimum atomic E-state index is -0.648. The number of aliphatic hydroxyl groups is 1. The molecule has 1 atom stereocenters. The van der Waals surface area contributed by atoms with Gasteiger partial charge in [0.15, 0.2) is 0 Å². The monoisotopic (exact) mass is 244 g/mol. The third-order valence-electron chi connectivity index (χ3n) is 4.02. The van der Waals surface area contributed by atoms with E-state index in [1.54, 1.807) is 7.11 Å². The summed E-state index contributed by atoms with van der Waals surface area (Å²) in [4.78, 5) is 2.46. The molecule has 102 valence electrons.